The predicted molar refractivity (Wildman–Crippen MR) is 230 cm³/mol. The first-order valence-corrected chi connectivity index (χ1v) is 21.2. The molecule has 5 aliphatic heterocycles. The Balaban J connectivity index is 1.01. The molecule has 5 nitrogen and oxygen atoms in total. The van der Waals surface area contributed by atoms with E-state index in [4.69, 9.17) is 24.4 Å². The Bertz CT molecular complexity index is 1900. The van der Waals surface area contributed by atoms with Gasteiger partial charge in [0.05, 0.1) is 36.0 Å². The van der Waals surface area contributed by atoms with Crippen LogP contribution in [0.1, 0.15) is 99.3 Å². The van der Waals surface area contributed by atoms with E-state index in [1.165, 1.54) is 86.5 Å². The minimum absolute atomic E-state index is 0.679. The van der Waals surface area contributed by atoms with Crippen molar-refractivity contribution in [3.8, 4) is 45.4 Å². The summed E-state index contributed by atoms with van der Waals surface area (Å²) in [7, 11) is 0. The molecule has 0 saturated carbocycles. The number of benzene rings is 3. The molecular weight excluding hydrogens is 687 g/mol. The molecule has 11 rings (SSSR count). The third kappa shape index (κ3) is 12.1. The first-order valence-electron chi connectivity index (χ1n) is 21.2. The molecular formula is C51H57N3O2. The molecule has 6 aromatic rings. The summed E-state index contributed by atoms with van der Waals surface area (Å²) in [4.78, 5) is 14.8. The Morgan fingerprint density at radius 3 is 1.18 bits per heavy atom. The van der Waals surface area contributed by atoms with Crippen LogP contribution in [0, 0.1) is 0 Å². The smallest absolute Gasteiger partial charge is 0.119 e. The summed E-state index contributed by atoms with van der Waals surface area (Å²) in [5.74, 6) is 1.90. The minimum Gasteiger partial charge on any atom is -0.494 e. The molecule has 0 saturated heterocycles. The minimum atomic E-state index is 0.679. The number of rotatable bonds is 1. The van der Waals surface area contributed by atoms with Crippen molar-refractivity contribution < 1.29 is 9.47 Å². The third-order valence-electron chi connectivity index (χ3n) is 10.9. The number of ether oxygens (including phenoxy) is 2. The van der Waals surface area contributed by atoms with Gasteiger partial charge in [0.15, 0.2) is 0 Å². The Morgan fingerprint density at radius 1 is 0.339 bits per heavy atom. The number of hydrogen-bond acceptors (Lipinski definition) is 5. The lowest BCUT2D eigenvalue weighted by atomic mass is 10.0. The van der Waals surface area contributed by atoms with Crippen LogP contribution < -0.4 is 9.47 Å². The van der Waals surface area contributed by atoms with Crippen LogP contribution in [0.5, 0.6) is 11.5 Å². The molecule has 288 valence electrons. The molecule has 0 aliphatic carbocycles. The Hall–Kier alpha value is -5.29. The van der Waals surface area contributed by atoms with Crippen molar-refractivity contribution >= 4 is 0 Å². The van der Waals surface area contributed by atoms with Gasteiger partial charge in [0.25, 0.3) is 0 Å². The van der Waals surface area contributed by atoms with E-state index >= 15 is 0 Å². The number of pyridine rings is 3. The molecule has 0 spiro atoms. The van der Waals surface area contributed by atoms with Crippen LogP contribution in [0.25, 0.3) is 33.9 Å². The molecule has 0 atom stereocenters. The summed E-state index contributed by atoms with van der Waals surface area (Å²) in [5.41, 5.74) is 10.8. The van der Waals surface area contributed by atoms with E-state index in [0.29, 0.717) is 13.2 Å². The average molecular weight is 744 g/mol. The second-order valence-electron chi connectivity index (χ2n) is 15.3. The van der Waals surface area contributed by atoms with Crippen molar-refractivity contribution in [2.24, 2.45) is 0 Å². The fourth-order valence-corrected chi connectivity index (χ4v) is 7.55. The first-order chi connectivity index (χ1) is 27.7. The van der Waals surface area contributed by atoms with Gasteiger partial charge >= 0.3 is 0 Å². The summed E-state index contributed by atoms with van der Waals surface area (Å²) >= 11 is 0. The monoisotopic (exact) mass is 743 g/mol. The molecule has 0 amide bonds. The maximum absolute atomic E-state index is 6.11. The van der Waals surface area contributed by atoms with Gasteiger partial charge < -0.3 is 9.47 Å². The van der Waals surface area contributed by atoms with E-state index in [9.17, 15) is 0 Å². The molecule has 3 aromatic heterocycles. The SMILES string of the molecule is c1ccc(-c2cc3nc(c2)-c2ccc(cn2)CCCOc2ccc(cc2)CCCCCCCCCCCCc2ccc(cc2)OCCCc2ccc-3nc2)cc1. The van der Waals surface area contributed by atoms with Crippen LogP contribution in [0.4, 0.5) is 0 Å². The highest BCUT2D eigenvalue weighted by molar-refractivity contribution is 5.74. The number of nitrogens with zero attached hydrogens (tertiary/aromatic N) is 3. The van der Waals surface area contributed by atoms with Crippen LogP contribution in [-0.2, 0) is 25.7 Å². The Labute approximate surface area is 334 Å². The van der Waals surface area contributed by atoms with Crippen LogP contribution >= 0.6 is 0 Å². The molecule has 5 heteroatoms. The molecule has 56 heavy (non-hydrogen) atoms. The van der Waals surface area contributed by atoms with Crippen molar-refractivity contribution in [2.45, 2.75) is 103 Å². The highest BCUT2D eigenvalue weighted by Crippen LogP contribution is 2.29. The second kappa shape index (κ2) is 21.1. The van der Waals surface area contributed by atoms with Gasteiger partial charge in [-0.05, 0) is 133 Å². The number of aromatic nitrogens is 3. The lowest BCUT2D eigenvalue weighted by Crippen LogP contribution is -2.01. The van der Waals surface area contributed by atoms with E-state index in [1.807, 2.05) is 18.5 Å². The van der Waals surface area contributed by atoms with Crippen molar-refractivity contribution in [3.05, 3.63) is 150 Å². The van der Waals surface area contributed by atoms with E-state index in [2.05, 4.69) is 109 Å². The number of fused-ring (bicyclic) bond motifs is 4. The van der Waals surface area contributed by atoms with E-state index in [0.717, 1.165) is 83.9 Å². The summed E-state index contributed by atoms with van der Waals surface area (Å²) in [5, 5.41) is 0. The summed E-state index contributed by atoms with van der Waals surface area (Å²) in [6.45, 7) is 1.36. The Morgan fingerprint density at radius 2 is 0.750 bits per heavy atom. The first kappa shape index (κ1) is 39.0. The zero-order chi connectivity index (χ0) is 38.0. The lowest BCUT2D eigenvalue weighted by Gasteiger charge is -2.11. The predicted octanol–water partition coefficient (Wildman–Crippen LogP) is 12.9. The van der Waals surface area contributed by atoms with Crippen molar-refractivity contribution in [1.29, 1.82) is 0 Å². The van der Waals surface area contributed by atoms with Crippen LogP contribution in [-0.4, -0.2) is 28.2 Å². The fourth-order valence-electron chi connectivity index (χ4n) is 7.55. The number of aryl methyl sites for hydroxylation is 4. The molecule has 5 aliphatic rings. The summed E-state index contributed by atoms with van der Waals surface area (Å²) < 4.78 is 12.2. The molecule has 8 heterocycles. The Kier molecular flexibility index (Phi) is 14.7. The summed E-state index contributed by atoms with van der Waals surface area (Å²) in [6.07, 6.45) is 23.3. The molecule has 10 bridgehead atoms. The van der Waals surface area contributed by atoms with E-state index in [-0.39, 0.29) is 0 Å². The fraction of sp³-hybridized carbons (Fsp3) is 0.353. The quantitative estimate of drug-likeness (QED) is 0.168. The van der Waals surface area contributed by atoms with Gasteiger partial charge in [-0.3, -0.25) is 9.97 Å². The average Bonchev–Trinajstić information content (AvgIpc) is 3.25. The van der Waals surface area contributed by atoms with E-state index < -0.39 is 0 Å². The van der Waals surface area contributed by atoms with Gasteiger partial charge in [0.1, 0.15) is 11.5 Å². The van der Waals surface area contributed by atoms with Crippen molar-refractivity contribution in [2.75, 3.05) is 13.2 Å². The third-order valence-corrected chi connectivity index (χ3v) is 10.9. The molecule has 0 unspecified atom stereocenters. The maximum Gasteiger partial charge on any atom is 0.119 e. The van der Waals surface area contributed by atoms with Crippen molar-refractivity contribution in [3.63, 3.8) is 0 Å². The molecule has 0 N–H and O–H groups in total. The van der Waals surface area contributed by atoms with Crippen LogP contribution in [0.3, 0.4) is 0 Å². The molecule has 0 fully saturated rings. The maximum atomic E-state index is 6.11. The van der Waals surface area contributed by atoms with Gasteiger partial charge in [-0.2, -0.15) is 0 Å². The summed E-state index contributed by atoms with van der Waals surface area (Å²) in [6, 6.07) is 40.7. The lowest BCUT2D eigenvalue weighted by molar-refractivity contribution is 0.311. The van der Waals surface area contributed by atoms with Gasteiger partial charge in [-0.1, -0.05) is 118 Å². The highest BCUT2D eigenvalue weighted by atomic mass is 16.5. The van der Waals surface area contributed by atoms with Crippen LogP contribution in [0.15, 0.2) is 128 Å². The molecule has 0 radical (unpaired) electrons. The highest BCUT2D eigenvalue weighted by Gasteiger charge is 2.12. The largest absolute Gasteiger partial charge is 0.494 e. The van der Waals surface area contributed by atoms with E-state index in [1.54, 1.807) is 0 Å². The topological polar surface area (TPSA) is 57.1 Å². The normalized spacial score (nSPS) is 15.6. The second-order valence-corrected chi connectivity index (χ2v) is 15.3. The van der Waals surface area contributed by atoms with Crippen LogP contribution in [0.2, 0.25) is 0 Å². The molecule has 3 aromatic carbocycles. The van der Waals surface area contributed by atoms with Gasteiger partial charge in [0.2, 0.25) is 0 Å². The van der Waals surface area contributed by atoms with Gasteiger partial charge in [0, 0.05) is 12.4 Å². The number of hydrogen-bond donors (Lipinski definition) is 0. The zero-order valence-corrected chi connectivity index (χ0v) is 33.0. The van der Waals surface area contributed by atoms with Gasteiger partial charge in [-0.15, -0.1) is 0 Å². The van der Waals surface area contributed by atoms with Crippen molar-refractivity contribution in [1.82, 2.24) is 15.0 Å². The van der Waals surface area contributed by atoms with Gasteiger partial charge in [-0.25, -0.2) is 4.98 Å². The standard InChI is InChI=1S/C51H57N3O2/c1-2-4-6-8-11-17-41-24-30-47(31-25-41)56-35-15-19-43-27-33-49(53-39-43)51-37-45(44-20-12-9-13-21-44)36-50(54-51)48-32-26-42(38-52-48)18-14-34-55-46-28-22-40(23-29-46)16-10-7-5-3-1/h9,12-13,20-33,36-39H,1-8,10-11,14-19,34-35H2. The zero-order valence-electron chi connectivity index (χ0n) is 33.0.